The van der Waals surface area contributed by atoms with Crippen molar-refractivity contribution in [3.8, 4) is 12.3 Å². The molecule has 58 valence electrons. The van der Waals surface area contributed by atoms with Gasteiger partial charge in [-0.15, -0.1) is 6.42 Å². The monoisotopic (exact) mass is 148 g/mol. The molecule has 11 heavy (non-hydrogen) atoms. The molecule has 1 atom stereocenters. The molecule has 1 unspecified atom stereocenters. The fraction of sp³-hybridized carbons (Fsp3) is 0.400. The van der Waals surface area contributed by atoms with Crippen molar-refractivity contribution in [1.29, 1.82) is 0 Å². The third-order valence-electron chi connectivity index (χ3n) is 1.59. The van der Waals surface area contributed by atoms with E-state index in [0.29, 0.717) is 12.5 Å². The average Bonchev–Trinajstić information content (AvgIpc) is 2.07. The van der Waals surface area contributed by atoms with E-state index in [2.05, 4.69) is 24.1 Å². The maximum atomic E-state index is 5.20. The summed E-state index contributed by atoms with van der Waals surface area (Å²) in [7, 11) is 0. The first kappa shape index (κ1) is 8.10. The van der Waals surface area contributed by atoms with Gasteiger partial charge in [-0.05, 0) is 6.42 Å². The van der Waals surface area contributed by atoms with Gasteiger partial charge in [0.25, 0.3) is 0 Å². The van der Waals surface area contributed by atoms with Crippen LogP contribution in [0, 0.1) is 18.3 Å². The van der Waals surface area contributed by atoms with E-state index >= 15 is 0 Å². The van der Waals surface area contributed by atoms with Crippen molar-refractivity contribution in [2.75, 3.05) is 13.2 Å². The van der Waals surface area contributed by atoms with E-state index in [1.54, 1.807) is 0 Å². The van der Waals surface area contributed by atoms with Crippen molar-refractivity contribution in [2.24, 2.45) is 5.92 Å². The van der Waals surface area contributed by atoms with Crippen LogP contribution in [0.5, 0.6) is 0 Å². The van der Waals surface area contributed by atoms with Gasteiger partial charge in [-0.25, -0.2) is 0 Å². The highest BCUT2D eigenvalue weighted by Crippen LogP contribution is 2.10. The standard InChI is InChI=1S/C10H12O/c1-2-8-11-9-10-6-4-3-5-7-10/h1,3-6,10H,7-9H2. The second-order valence-electron chi connectivity index (χ2n) is 2.53. The Morgan fingerprint density at radius 3 is 3.09 bits per heavy atom. The summed E-state index contributed by atoms with van der Waals surface area (Å²) < 4.78 is 5.20. The quantitative estimate of drug-likeness (QED) is 0.438. The fourth-order valence-electron chi connectivity index (χ4n) is 1.02. The van der Waals surface area contributed by atoms with Crippen molar-refractivity contribution in [3.63, 3.8) is 0 Å². The molecular formula is C10H12O. The third-order valence-corrected chi connectivity index (χ3v) is 1.59. The number of allylic oxidation sites excluding steroid dienone is 3. The fourth-order valence-corrected chi connectivity index (χ4v) is 1.02. The SMILES string of the molecule is C#CCOCC1C=CC=CC1. The van der Waals surface area contributed by atoms with E-state index < -0.39 is 0 Å². The number of ether oxygens (including phenoxy) is 1. The molecule has 0 saturated heterocycles. The Kier molecular flexibility index (Phi) is 3.51. The Balaban J connectivity index is 2.13. The summed E-state index contributed by atoms with van der Waals surface area (Å²) >= 11 is 0. The molecule has 0 aliphatic heterocycles. The second-order valence-corrected chi connectivity index (χ2v) is 2.53. The van der Waals surface area contributed by atoms with E-state index in [4.69, 9.17) is 11.2 Å². The molecule has 0 radical (unpaired) electrons. The number of rotatable bonds is 3. The van der Waals surface area contributed by atoms with Crippen LogP contribution < -0.4 is 0 Å². The Bertz CT molecular complexity index is 195. The summed E-state index contributed by atoms with van der Waals surface area (Å²) in [6.45, 7) is 1.17. The lowest BCUT2D eigenvalue weighted by Gasteiger charge is -2.11. The van der Waals surface area contributed by atoms with Gasteiger partial charge in [-0.2, -0.15) is 0 Å². The largest absolute Gasteiger partial charge is 0.368 e. The molecule has 1 nitrogen and oxygen atoms in total. The smallest absolute Gasteiger partial charge is 0.107 e. The van der Waals surface area contributed by atoms with Gasteiger partial charge in [0.2, 0.25) is 0 Å². The molecule has 1 rings (SSSR count). The molecule has 0 heterocycles. The van der Waals surface area contributed by atoms with Crippen LogP contribution in [0.3, 0.4) is 0 Å². The van der Waals surface area contributed by atoms with Gasteiger partial charge in [-0.3, -0.25) is 0 Å². The minimum atomic E-state index is 0.425. The zero-order valence-electron chi connectivity index (χ0n) is 6.49. The van der Waals surface area contributed by atoms with Crippen LogP contribution >= 0.6 is 0 Å². The van der Waals surface area contributed by atoms with Crippen molar-refractivity contribution >= 4 is 0 Å². The van der Waals surface area contributed by atoms with Crippen LogP contribution in [-0.2, 0) is 4.74 Å². The normalized spacial score (nSPS) is 21.5. The predicted molar refractivity (Wildman–Crippen MR) is 46.0 cm³/mol. The Labute approximate surface area is 67.8 Å². The molecule has 1 aliphatic carbocycles. The van der Waals surface area contributed by atoms with E-state index in [1.807, 2.05) is 6.08 Å². The van der Waals surface area contributed by atoms with Crippen LogP contribution in [0.2, 0.25) is 0 Å². The summed E-state index contributed by atoms with van der Waals surface area (Å²) in [6, 6.07) is 0. The highest BCUT2D eigenvalue weighted by Gasteiger charge is 2.03. The molecule has 0 saturated carbocycles. The number of hydrogen-bond donors (Lipinski definition) is 0. The Morgan fingerprint density at radius 2 is 2.45 bits per heavy atom. The molecule has 0 aromatic rings. The first-order valence-electron chi connectivity index (χ1n) is 3.78. The molecule has 0 fully saturated rings. The first-order valence-corrected chi connectivity index (χ1v) is 3.78. The van der Waals surface area contributed by atoms with Gasteiger partial charge in [0, 0.05) is 5.92 Å². The zero-order valence-corrected chi connectivity index (χ0v) is 6.49. The number of hydrogen-bond acceptors (Lipinski definition) is 1. The highest BCUT2D eigenvalue weighted by atomic mass is 16.5. The summed E-state index contributed by atoms with van der Waals surface area (Å²) in [5, 5.41) is 0. The van der Waals surface area contributed by atoms with Crippen molar-refractivity contribution < 1.29 is 4.74 Å². The van der Waals surface area contributed by atoms with E-state index in [9.17, 15) is 0 Å². The van der Waals surface area contributed by atoms with Crippen LogP contribution in [0.25, 0.3) is 0 Å². The van der Waals surface area contributed by atoms with Gasteiger partial charge < -0.3 is 4.74 Å². The molecule has 0 amide bonds. The Hall–Kier alpha value is -1.00. The summed E-state index contributed by atoms with van der Waals surface area (Å²) in [6.07, 6.45) is 14.5. The maximum absolute atomic E-state index is 5.20. The van der Waals surface area contributed by atoms with Crippen LogP contribution in [-0.4, -0.2) is 13.2 Å². The molecule has 1 aliphatic rings. The van der Waals surface area contributed by atoms with Gasteiger partial charge in [0.1, 0.15) is 6.61 Å². The zero-order chi connectivity index (χ0) is 7.94. The Morgan fingerprint density at radius 1 is 1.55 bits per heavy atom. The third kappa shape index (κ3) is 3.06. The minimum Gasteiger partial charge on any atom is -0.368 e. The lowest BCUT2D eigenvalue weighted by atomic mass is 10.0. The molecule has 0 aromatic carbocycles. The van der Waals surface area contributed by atoms with E-state index in [1.165, 1.54) is 0 Å². The maximum Gasteiger partial charge on any atom is 0.107 e. The van der Waals surface area contributed by atoms with Gasteiger partial charge in [0.05, 0.1) is 6.61 Å². The van der Waals surface area contributed by atoms with Crippen molar-refractivity contribution in [2.45, 2.75) is 6.42 Å². The van der Waals surface area contributed by atoms with Crippen molar-refractivity contribution in [1.82, 2.24) is 0 Å². The lowest BCUT2D eigenvalue weighted by molar-refractivity contribution is 0.142. The molecule has 0 aromatic heterocycles. The minimum absolute atomic E-state index is 0.425. The molecule has 0 bridgehead atoms. The summed E-state index contributed by atoms with van der Waals surface area (Å²) in [5.74, 6) is 2.96. The van der Waals surface area contributed by atoms with Crippen LogP contribution in [0.1, 0.15) is 6.42 Å². The van der Waals surface area contributed by atoms with E-state index in [-0.39, 0.29) is 0 Å². The second kappa shape index (κ2) is 4.76. The lowest BCUT2D eigenvalue weighted by Crippen LogP contribution is -2.07. The van der Waals surface area contributed by atoms with Gasteiger partial charge in [0.15, 0.2) is 0 Å². The molecule has 1 heteroatoms. The molecular weight excluding hydrogens is 136 g/mol. The highest BCUT2D eigenvalue weighted by molar-refractivity contribution is 5.10. The summed E-state index contributed by atoms with van der Waals surface area (Å²) in [4.78, 5) is 0. The average molecular weight is 148 g/mol. The summed E-state index contributed by atoms with van der Waals surface area (Å²) in [5.41, 5.74) is 0. The molecule has 0 spiro atoms. The first-order chi connectivity index (χ1) is 5.43. The molecule has 0 N–H and O–H groups in total. The number of terminal acetylenes is 1. The topological polar surface area (TPSA) is 9.23 Å². The van der Waals surface area contributed by atoms with Crippen LogP contribution in [0.15, 0.2) is 24.3 Å². The van der Waals surface area contributed by atoms with Crippen molar-refractivity contribution in [3.05, 3.63) is 24.3 Å². The van der Waals surface area contributed by atoms with E-state index in [0.717, 1.165) is 13.0 Å². The van der Waals surface area contributed by atoms with Crippen LogP contribution in [0.4, 0.5) is 0 Å². The predicted octanol–water partition coefficient (Wildman–Crippen LogP) is 1.77. The van der Waals surface area contributed by atoms with Gasteiger partial charge in [-0.1, -0.05) is 30.2 Å². The van der Waals surface area contributed by atoms with Gasteiger partial charge >= 0.3 is 0 Å².